The molecule has 0 aliphatic carbocycles. The molecule has 0 aliphatic rings. The topological polar surface area (TPSA) is 190 Å². The molecule has 14 nitrogen and oxygen atoms in total. The van der Waals surface area contributed by atoms with Crippen molar-refractivity contribution < 1.29 is 111 Å². The number of halogens is 16. The number of nitrogens with zero attached hydrogens (tertiary/aromatic N) is 2. The molecule has 0 bridgehead atoms. The third-order valence-corrected chi connectivity index (χ3v) is 15.9. The molecule has 2 heterocycles. The second-order valence-electron chi connectivity index (χ2n) is 18.6. The number of aryl methyl sites for hydroxylation is 1. The normalized spacial score (nSPS) is 11.2. The van der Waals surface area contributed by atoms with Crippen molar-refractivity contribution in [1.82, 2.24) is 9.13 Å². The van der Waals surface area contributed by atoms with Crippen molar-refractivity contribution in [3.8, 4) is 45.5 Å². The van der Waals surface area contributed by atoms with E-state index in [4.69, 9.17) is 19.5 Å². The lowest BCUT2D eigenvalue weighted by Crippen LogP contribution is -2.29. The van der Waals surface area contributed by atoms with Crippen LogP contribution in [0.4, 0.5) is 65.9 Å². The predicted molar refractivity (Wildman–Crippen MR) is 328 cm³/mol. The summed E-state index contributed by atoms with van der Waals surface area (Å²) in [5.41, 5.74) is -1.05. The van der Waals surface area contributed by atoms with Gasteiger partial charge in [0.25, 0.3) is 11.1 Å². The Labute approximate surface area is 537 Å². The van der Waals surface area contributed by atoms with E-state index in [2.05, 4.69) is 24.3 Å². The van der Waals surface area contributed by atoms with Crippen LogP contribution in [-0.2, 0) is 26.4 Å². The highest BCUT2D eigenvalue weighted by atomic mass is 79.9. The molecule has 0 spiro atoms. The molecule has 498 valence electrons. The summed E-state index contributed by atoms with van der Waals surface area (Å²) in [6.07, 6.45) is -4.62. The van der Waals surface area contributed by atoms with Gasteiger partial charge in [-0.05, 0) is 107 Å². The number of aromatic nitrogens is 2. The Bertz CT molecular complexity index is 4870. The lowest BCUT2D eigenvalue weighted by atomic mass is 9.80. The molecule has 2 aromatic heterocycles. The largest absolute Gasteiger partial charge is 0.495 e. The Morgan fingerprint density at radius 3 is 1.22 bits per heavy atom. The van der Waals surface area contributed by atoms with Gasteiger partial charge in [0.2, 0.25) is 69.7 Å². The molecule has 0 amide bonds. The van der Waals surface area contributed by atoms with Crippen LogP contribution in [0.1, 0.15) is 18.6 Å². The number of pyridine rings is 2. The molecule has 0 saturated carbocycles. The van der Waals surface area contributed by atoms with Crippen LogP contribution in [0.25, 0.3) is 44.3 Å². The number of hydrogen-bond donors (Lipinski definition) is 2. The number of fused-ring (bicyclic) bond motifs is 2. The molecular formula is C59H43BBrF15N2O12P2S2. The van der Waals surface area contributed by atoms with Crippen molar-refractivity contribution in [2.24, 2.45) is 0 Å². The van der Waals surface area contributed by atoms with Crippen LogP contribution in [-0.4, -0.2) is 57.4 Å². The summed E-state index contributed by atoms with van der Waals surface area (Å²) in [5.74, 6) is -30.5. The Kier molecular flexibility index (Phi) is 24.2. The minimum absolute atomic E-state index is 0. The monoisotopic (exact) mass is 1470 g/mol. The van der Waals surface area contributed by atoms with Crippen molar-refractivity contribution in [2.75, 3.05) is 14.2 Å². The van der Waals surface area contributed by atoms with E-state index >= 15 is 4.39 Å². The molecule has 0 saturated heterocycles. The summed E-state index contributed by atoms with van der Waals surface area (Å²) < 4.78 is 277. The maximum absolute atomic E-state index is 15.4. The van der Waals surface area contributed by atoms with Gasteiger partial charge in [0.1, 0.15) is 32.9 Å². The minimum atomic E-state index is -5.23. The van der Waals surface area contributed by atoms with Crippen molar-refractivity contribution >= 4 is 90.4 Å². The maximum Gasteiger partial charge on any atom is 0.488 e. The summed E-state index contributed by atoms with van der Waals surface area (Å²) in [7, 11) is -9.25. The Balaban J connectivity index is 0.000000293. The first-order valence-electron chi connectivity index (χ1n) is 24.9. The molecule has 2 N–H and O–H groups in total. The van der Waals surface area contributed by atoms with Crippen LogP contribution in [0.3, 0.4) is 0 Å². The molecule has 0 fully saturated rings. The van der Waals surface area contributed by atoms with E-state index in [0.29, 0.717) is 5.46 Å². The van der Waals surface area contributed by atoms with Gasteiger partial charge >= 0.3 is 33.5 Å². The number of alkyl halides is 3. The molecule has 94 heavy (non-hydrogen) atoms. The molecule has 10 rings (SSSR count). The molecular weight excluding hydrogens is 1430 g/mol. The van der Waals surface area contributed by atoms with E-state index in [9.17, 15) is 87.9 Å². The average molecular weight is 1470 g/mol. The summed E-state index contributed by atoms with van der Waals surface area (Å²) in [6.45, 7) is 1.95. The van der Waals surface area contributed by atoms with Crippen LogP contribution in [0, 0.1) is 76.7 Å². The van der Waals surface area contributed by atoms with Crippen molar-refractivity contribution in [3.05, 3.63) is 240 Å². The van der Waals surface area contributed by atoms with Crippen LogP contribution < -0.4 is 34.4 Å². The summed E-state index contributed by atoms with van der Waals surface area (Å²) >= 11 is 3.00. The Hall–Kier alpha value is -8.45. The van der Waals surface area contributed by atoms with Gasteiger partial charge in [-0.2, -0.15) is 67.4 Å². The fraction of sp³-hybridized carbons (Fsp3) is 0.0847. The van der Waals surface area contributed by atoms with Gasteiger partial charge in [0.15, 0.2) is 0 Å². The molecule has 0 radical (unpaired) electrons. The highest BCUT2D eigenvalue weighted by Crippen LogP contribution is 2.39. The highest BCUT2D eigenvalue weighted by molar-refractivity contribution is 9.10. The number of methoxy groups -OCH3 is 2. The summed E-state index contributed by atoms with van der Waals surface area (Å²) in [5, 5.41) is 17.3. The van der Waals surface area contributed by atoms with E-state index in [0.717, 1.165) is 112 Å². The predicted octanol–water partition coefficient (Wildman–Crippen LogP) is 13.1. The van der Waals surface area contributed by atoms with E-state index in [1.807, 2.05) is 19.1 Å². The first-order valence-corrected chi connectivity index (χ1v) is 28.5. The molecule has 2 atom stereocenters. The van der Waals surface area contributed by atoms with Gasteiger partial charge in [0.05, 0.1) is 46.7 Å². The zero-order valence-electron chi connectivity index (χ0n) is 46.9. The molecule has 35 heteroatoms. The third-order valence-electron chi connectivity index (χ3n) is 12.9. The van der Waals surface area contributed by atoms with E-state index < -0.39 is 141 Å². The van der Waals surface area contributed by atoms with Crippen molar-refractivity contribution in [3.63, 3.8) is 0 Å². The molecule has 0 aliphatic heterocycles. The van der Waals surface area contributed by atoms with Gasteiger partial charge < -0.3 is 27.9 Å². The Morgan fingerprint density at radius 2 is 0.851 bits per heavy atom. The Morgan fingerprint density at radius 1 is 0.479 bits per heavy atom. The number of ether oxygens (including phenoxy) is 2. The highest BCUT2D eigenvalue weighted by Gasteiger charge is 2.34. The smallest absolute Gasteiger partial charge is 0.488 e. The molecule has 8 aromatic carbocycles. The lowest BCUT2D eigenvalue weighted by molar-refractivity contribution is -0.137. The van der Waals surface area contributed by atoms with Crippen LogP contribution in [0.2, 0.25) is 0 Å². The lowest BCUT2D eigenvalue weighted by Gasteiger charge is -2.17. The number of benzene rings is 8. The standard InChI is InChI=1S/C29H14F9NO5S.C22H10BrF6NO5S.C7H9BO2.CH4.2H3P/c1-43-21-11-17(13-2-5-15(6-3-13)29(36,37)38)18(30)12-20(21)39-19-8-7-16(10-14(19)4-9-22(39)40)45(41,42)44-28-26(34)24(32)23(31)25(33)27(28)35;1-34-15-7-11(23)12(24)8-14(15)30-13-4-3-10(6-9(13)2-5-16(30)31)36(32,33)35-22-20(28)18(26)17(25)19(27)21(22)29;1-6-2-4-7(5-3-6)8(9)10;;;/h2-12H,1H3;2-8H,1H3;2-5,9-10H,1H3;1H4;2*1H3. The second-order valence-corrected chi connectivity index (χ2v) is 22.6. The number of rotatable bonds is 12. The maximum atomic E-state index is 15.4. The summed E-state index contributed by atoms with van der Waals surface area (Å²) in [4.78, 5) is 24.0. The van der Waals surface area contributed by atoms with Gasteiger partial charge in [0, 0.05) is 40.6 Å². The second kappa shape index (κ2) is 29.9. The van der Waals surface area contributed by atoms with Crippen LogP contribution in [0.5, 0.6) is 23.0 Å². The quantitative estimate of drug-likeness (QED) is 0.0294. The van der Waals surface area contributed by atoms with Crippen LogP contribution in [0.15, 0.2) is 157 Å². The zero-order chi connectivity index (χ0) is 67.1. The van der Waals surface area contributed by atoms with Gasteiger partial charge in [-0.15, -0.1) is 0 Å². The first kappa shape index (κ1) is 76.3. The fourth-order valence-electron chi connectivity index (χ4n) is 8.42. The van der Waals surface area contributed by atoms with Crippen molar-refractivity contribution in [1.29, 1.82) is 0 Å². The molecule has 10 aromatic rings. The van der Waals surface area contributed by atoms with E-state index in [-0.39, 0.29) is 87.5 Å². The fourth-order valence-corrected chi connectivity index (χ4v) is 10.7. The van der Waals surface area contributed by atoms with Crippen LogP contribution >= 0.6 is 35.7 Å². The van der Waals surface area contributed by atoms with E-state index in [1.54, 1.807) is 12.1 Å². The summed E-state index contributed by atoms with van der Waals surface area (Å²) in [6, 6.07) is 24.8. The third kappa shape index (κ3) is 15.5. The molecule has 2 unspecified atom stereocenters. The SMILES string of the molecule is C.COc1cc(-c2ccc(C(F)(F)F)cc2)c(F)cc1-n1c(=O)ccc2cc(S(=O)(=O)Oc3c(F)c(F)c(F)c(F)c3F)ccc21.COc1cc(Br)c(F)cc1-n1c(=O)ccc2cc(S(=O)(=O)Oc3c(F)c(F)c(F)c(F)c3F)ccc21.Cc1ccc(B(O)O)cc1.P.P. The minimum Gasteiger partial charge on any atom is -0.495 e. The average Bonchev–Trinajstić information content (AvgIpc) is 0.781. The van der Waals surface area contributed by atoms with Gasteiger partial charge in [-0.1, -0.05) is 49.4 Å². The number of hydrogen-bond acceptors (Lipinski definition) is 12. The van der Waals surface area contributed by atoms with Gasteiger partial charge in [-0.25, -0.2) is 35.1 Å². The zero-order valence-corrected chi connectivity index (χ0v) is 53.0. The van der Waals surface area contributed by atoms with Crippen molar-refractivity contribution in [2.45, 2.75) is 30.3 Å². The van der Waals surface area contributed by atoms with E-state index in [1.165, 1.54) is 26.4 Å². The first-order chi connectivity index (χ1) is 42.6. The van der Waals surface area contributed by atoms with Gasteiger partial charge in [-0.3, -0.25) is 18.7 Å².